The van der Waals surface area contributed by atoms with Crippen molar-refractivity contribution in [2.24, 2.45) is 5.92 Å². The van der Waals surface area contributed by atoms with Crippen LogP contribution in [0.25, 0.3) is 0 Å². The minimum absolute atomic E-state index is 0.0308. The lowest BCUT2D eigenvalue weighted by molar-refractivity contribution is 0.176. The summed E-state index contributed by atoms with van der Waals surface area (Å²) in [5, 5.41) is 12.8. The first-order valence-electron chi connectivity index (χ1n) is 4.90. The molecule has 0 heterocycles. The van der Waals surface area contributed by atoms with Crippen LogP contribution in [-0.2, 0) is 0 Å². The van der Waals surface area contributed by atoms with E-state index in [1.165, 1.54) is 6.42 Å². The number of aliphatic hydroxyl groups excluding tert-OH is 1. The maximum Gasteiger partial charge on any atom is 0.0543 e. The van der Waals surface area contributed by atoms with Gasteiger partial charge in [-0.1, -0.05) is 0 Å². The van der Waals surface area contributed by atoms with E-state index in [2.05, 4.69) is 26.1 Å². The maximum atomic E-state index is 9.30. The second-order valence-electron chi connectivity index (χ2n) is 4.96. The molecule has 0 aromatic heterocycles. The predicted molar refractivity (Wildman–Crippen MR) is 51.1 cm³/mol. The Morgan fingerprint density at radius 1 is 1.33 bits per heavy atom. The Morgan fingerprint density at radius 2 is 2.00 bits per heavy atom. The molecule has 1 saturated carbocycles. The molecule has 0 aliphatic heterocycles. The molecular formula is C10H21NO. The van der Waals surface area contributed by atoms with E-state index in [0.29, 0.717) is 5.92 Å². The average Bonchev–Trinajstić information content (AvgIpc) is 2.30. The third-order valence-electron chi connectivity index (χ3n) is 2.43. The van der Waals surface area contributed by atoms with Crippen molar-refractivity contribution in [2.45, 2.75) is 51.7 Å². The Balaban J connectivity index is 2.16. The molecule has 12 heavy (non-hydrogen) atoms. The Kier molecular flexibility index (Phi) is 3.13. The Hall–Kier alpha value is -0.0800. The molecule has 1 aliphatic carbocycles. The molecule has 72 valence electrons. The molecule has 0 aromatic carbocycles. The van der Waals surface area contributed by atoms with Crippen LogP contribution in [0.2, 0.25) is 0 Å². The summed E-state index contributed by atoms with van der Waals surface area (Å²) >= 11 is 0. The fraction of sp³-hybridized carbons (Fsp3) is 1.00. The highest BCUT2D eigenvalue weighted by Crippen LogP contribution is 2.24. The summed E-state index contributed by atoms with van der Waals surface area (Å²) in [5.74, 6) is 0.694. The molecule has 2 heteroatoms. The van der Waals surface area contributed by atoms with Crippen LogP contribution in [0.1, 0.15) is 40.0 Å². The van der Waals surface area contributed by atoms with Crippen molar-refractivity contribution in [3.63, 3.8) is 0 Å². The van der Waals surface area contributed by atoms with E-state index in [1.54, 1.807) is 0 Å². The van der Waals surface area contributed by atoms with E-state index in [9.17, 15) is 5.11 Å². The molecule has 1 aliphatic rings. The molecule has 0 spiro atoms. The van der Waals surface area contributed by atoms with Gasteiger partial charge in [-0.2, -0.15) is 0 Å². The van der Waals surface area contributed by atoms with E-state index in [-0.39, 0.29) is 11.6 Å². The third kappa shape index (κ3) is 3.55. The average molecular weight is 171 g/mol. The summed E-state index contributed by atoms with van der Waals surface area (Å²) < 4.78 is 0. The quantitative estimate of drug-likeness (QED) is 0.660. The van der Waals surface area contributed by atoms with E-state index in [1.807, 2.05) is 0 Å². The number of nitrogens with one attached hydrogen (secondary N) is 1. The summed E-state index contributed by atoms with van der Waals surface area (Å²) in [7, 11) is 0. The lowest BCUT2D eigenvalue weighted by Crippen LogP contribution is -2.38. The standard InChI is InChI=1S/C10H21NO/c1-10(2,3)11-7-8-4-5-9(12)6-8/h8-9,11-12H,4-7H2,1-3H3/t8-,9-/m1/s1. The lowest BCUT2D eigenvalue weighted by atomic mass is 10.0. The molecule has 0 radical (unpaired) electrons. The molecule has 2 N–H and O–H groups in total. The van der Waals surface area contributed by atoms with Gasteiger partial charge in [0.2, 0.25) is 0 Å². The zero-order valence-corrected chi connectivity index (χ0v) is 8.43. The van der Waals surface area contributed by atoms with Crippen LogP contribution in [0.5, 0.6) is 0 Å². The highest BCUT2D eigenvalue weighted by atomic mass is 16.3. The summed E-state index contributed by atoms with van der Waals surface area (Å²) in [5.41, 5.74) is 0.216. The number of hydrogen-bond acceptors (Lipinski definition) is 2. The highest BCUT2D eigenvalue weighted by molar-refractivity contribution is 4.79. The highest BCUT2D eigenvalue weighted by Gasteiger charge is 2.23. The largest absolute Gasteiger partial charge is 0.393 e. The lowest BCUT2D eigenvalue weighted by Gasteiger charge is -2.23. The molecule has 0 bridgehead atoms. The predicted octanol–water partition coefficient (Wildman–Crippen LogP) is 1.54. The molecule has 0 saturated heterocycles. The molecule has 0 amide bonds. The molecule has 0 aromatic rings. The van der Waals surface area contributed by atoms with Gasteiger partial charge in [-0.25, -0.2) is 0 Å². The van der Waals surface area contributed by atoms with Crippen LogP contribution in [0, 0.1) is 5.92 Å². The zero-order chi connectivity index (χ0) is 9.19. The van der Waals surface area contributed by atoms with E-state index >= 15 is 0 Å². The first-order valence-corrected chi connectivity index (χ1v) is 4.90. The van der Waals surface area contributed by atoms with Crippen molar-refractivity contribution in [3.05, 3.63) is 0 Å². The maximum absolute atomic E-state index is 9.30. The monoisotopic (exact) mass is 171 g/mol. The van der Waals surface area contributed by atoms with Gasteiger partial charge in [0.05, 0.1) is 6.10 Å². The van der Waals surface area contributed by atoms with Gasteiger partial charge in [0, 0.05) is 5.54 Å². The Morgan fingerprint density at radius 3 is 2.42 bits per heavy atom. The van der Waals surface area contributed by atoms with E-state index in [4.69, 9.17) is 0 Å². The fourth-order valence-corrected chi connectivity index (χ4v) is 1.68. The second-order valence-corrected chi connectivity index (χ2v) is 4.96. The normalized spacial score (nSPS) is 31.0. The second kappa shape index (κ2) is 3.75. The first-order chi connectivity index (χ1) is 5.47. The summed E-state index contributed by atoms with van der Waals surface area (Å²) in [4.78, 5) is 0. The Labute approximate surface area is 75.4 Å². The summed E-state index contributed by atoms with van der Waals surface area (Å²) in [6, 6.07) is 0. The topological polar surface area (TPSA) is 32.3 Å². The van der Waals surface area contributed by atoms with Crippen molar-refractivity contribution >= 4 is 0 Å². The van der Waals surface area contributed by atoms with Crippen molar-refractivity contribution in [3.8, 4) is 0 Å². The van der Waals surface area contributed by atoms with Crippen molar-refractivity contribution in [1.82, 2.24) is 5.32 Å². The van der Waals surface area contributed by atoms with Crippen LogP contribution in [0.4, 0.5) is 0 Å². The smallest absolute Gasteiger partial charge is 0.0543 e. The van der Waals surface area contributed by atoms with Gasteiger partial charge in [0.1, 0.15) is 0 Å². The van der Waals surface area contributed by atoms with E-state index < -0.39 is 0 Å². The van der Waals surface area contributed by atoms with Crippen LogP contribution in [-0.4, -0.2) is 23.3 Å². The van der Waals surface area contributed by atoms with Gasteiger partial charge in [0.15, 0.2) is 0 Å². The van der Waals surface area contributed by atoms with Gasteiger partial charge in [-0.3, -0.25) is 0 Å². The number of aliphatic hydroxyl groups is 1. The van der Waals surface area contributed by atoms with Gasteiger partial charge in [0.25, 0.3) is 0 Å². The van der Waals surface area contributed by atoms with Gasteiger partial charge >= 0.3 is 0 Å². The van der Waals surface area contributed by atoms with Crippen LogP contribution < -0.4 is 5.32 Å². The molecule has 2 nitrogen and oxygen atoms in total. The van der Waals surface area contributed by atoms with Gasteiger partial charge in [-0.15, -0.1) is 0 Å². The molecule has 1 fully saturated rings. The van der Waals surface area contributed by atoms with Crippen LogP contribution >= 0.6 is 0 Å². The fourth-order valence-electron chi connectivity index (χ4n) is 1.68. The van der Waals surface area contributed by atoms with Crippen molar-refractivity contribution < 1.29 is 5.11 Å². The van der Waals surface area contributed by atoms with Gasteiger partial charge < -0.3 is 10.4 Å². The third-order valence-corrected chi connectivity index (χ3v) is 2.43. The summed E-state index contributed by atoms with van der Waals surface area (Å²) in [6.45, 7) is 7.59. The van der Waals surface area contributed by atoms with Gasteiger partial charge in [-0.05, 0) is 52.5 Å². The first kappa shape index (κ1) is 10.0. The van der Waals surface area contributed by atoms with Crippen molar-refractivity contribution in [2.75, 3.05) is 6.54 Å². The van der Waals surface area contributed by atoms with Crippen LogP contribution in [0.15, 0.2) is 0 Å². The number of rotatable bonds is 2. The molecule has 2 atom stereocenters. The SMILES string of the molecule is CC(C)(C)NC[C@@H]1CC[C@@H](O)C1. The number of hydrogen-bond donors (Lipinski definition) is 2. The minimum Gasteiger partial charge on any atom is -0.393 e. The molecule has 1 rings (SSSR count). The molecular weight excluding hydrogens is 150 g/mol. The van der Waals surface area contributed by atoms with E-state index in [0.717, 1.165) is 19.4 Å². The summed E-state index contributed by atoms with van der Waals surface area (Å²) in [6.07, 6.45) is 3.14. The molecule has 0 unspecified atom stereocenters. The minimum atomic E-state index is -0.0308. The Bertz CT molecular complexity index is 139. The van der Waals surface area contributed by atoms with Crippen LogP contribution in [0.3, 0.4) is 0 Å². The zero-order valence-electron chi connectivity index (χ0n) is 8.43. The van der Waals surface area contributed by atoms with Crippen molar-refractivity contribution in [1.29, 1.82) is 0 Å².